The molecule has 6 heteroatoms. The SMILES string of the molecule is C.CC.CC.CC.CC.CC(C)(C)C1COc2cc3ccccc3cc2O1.CC(C)(C)C1COc2ccccc2O1.CC(C)(C)C1Oc2ccccc2O1. The quantitative estimate of drug-likeness (QED) is 0.178. The lowest BCUT2D eigenvalue weighted by Gasteiger charge is -2.35. The molecule has 0 saturated heterocycles. The zero-order valence-corrected chi connectivity index (χ0v) is 36.2. The van der Waals surface area contributed by atoms with E-state index in [4.69, 9.17) is 28.4 Å². The maximum absolute atomic E-state index is 6.08. The van der Waals surface area contributed by atoms with E-state index in [1.165, 1.54) is 10.8 Å². The van der Waals surface area contributed by atoms with Gasteiger partial charge in [-0.15, -0.1) is 0 Å². The third kappa shape index (κ3) is 14.6. The van der Waals surface area contributed by atoms with Crippen molar-refractivity contribution in [2.24, 2.45) is 16.2 Å². The first-order valence-corrected chi connectivity index (χ1v) is 19.8. The lowest BCUT2D eigenvalue weighted by Crippen LogP contribution is -2.39. The average molecular weight is 749 g/mol. The van der Waals surface area contributed by atoms with E-state index >= 15 is 0 Å². The third-order valence-electron chi connectivity index (χ3n) is 7.94. The number of hydrogen-bond acceptors (Lipinski definition) is 6. The van der Waals surface area contributed by atoms with Gasteiger partial charge in [0.15, 0.2) is 34.5 Å². The molecule has 0 bridgehead atoms. The molecule has 0 aliphatic carbocycles. The molecular formula is C48H76O6. The molecule has 0 saturated carbocycles. The van der Waals surface area contributed by atoms with Gasteiger partial charge in [-0.25, -0.2) is 0 Å². The topological polar surface area (TPSA) is 55.4 Å². The molecule has 0 amide bonds. The van der Waals surface area contributed by atoms with Gasteiger partial charge in [0.2, 0.25) is 6.29 Å². The largest absolute Gasteiger partial charge is 0.486 e. The van der Waals surface area contributed by atoms with Gasteiger partial charge in [-0.05, 0) is 47.2 Å². The Morgan fingerprint density at radius 1 is 0.389 bits per heavy atom. The second-order valence-corrected chi connectivity index (χ2v) is 15.0. The molecule has 3 aliphatic heterocycles. The van der Waals surface area contributed by atoms with Crippen molar-refractivity contribution in [2.75, 3.05) is 13.2 Å². The molecule has 4 aromatic rings. The lowest BCUT2D eigenvalue weighted by molar-refractivity contribution is -0.0396. The Balaban J connectivity index is 0.000000715. The molecule has 2 unspecified atom stereocenters. The summed E-state index contributed by atoms with van der Waals surface area (Å²) in [7, 11) is 0. The zero-order chi connectivity index (χ0) is 40.4. The van der Waals surface area contributed by atoms with E-state index in [1.54, 1.807) is 0 Å². The predicted molar refractivity (Wildman–Crippen MR) is 232 cm³/mol. The number of benzene rings is 4. The maximum Gasteiger partial charge on any atom is 0.246 e. The first-order valence-electron chi connectivity index (χ1n) is 19.8. The molecule has 0 radical (unpaired) electrons. The van der Waals surface area contributed by atoms with Crippen molar-refractivity contribution >= 4 is 10.8 Å². The van der Waals surface area contributed by atoms with Gasteiger partial charge in [0.25, 0.3) is 0 Å². The van der Waals surface area contributed by atoms with Crippen LogP contribution in [0, 0.1) is 16.2 Å². The average Bonchev–Trinajstić information content (AvgIpc) is 3.62. The second kappa shape index (κ2) is 23.7. The standard InChI is InChI=1S/C16H18O2.C12H16O2.C11H14O2.4C2H6.CH4/c1-16(2,3)15-10-17-13-8-11-6-4-5-7-12(11)9-14(13)18-15;1-12(2,3)11-8-13-9-6-4-5-7-10(9)14-11;1-11(2,3)10-12-8-6-4-5-7-9(8)13-10;4*1-2;/h4-9,15H,10H2,1-3H3;4-7,11H,8H2,1-3H3;4-7,10H,1-3H3;4*1-2H3;1H4. The number of para-hydroxylation sites is 4. The summed E-state index contributed by atoms with van der Waals surface area (Å²) in [6, 6.07) is 28.0. The lowest BCUT2D eigenvalue weighted by atomic mass is 9.89. The fourth-order valence-electron chi connectivity index (χ4n) is 4.88. The van der Waals surface area contributed by atoms with Gasteiger partial charge in [0.05, 0.1) is 0 Å². The maximum atomic E-state index is 6.08. The number of ether oxygens (including phenoxy) is 6. The summed E-state index contributed by atoms with van der Waals surface area (Å²) in [5.41, 5.74) is 0.218. The minimum atomic E-state index is -0.162. The van der Waals surface area contributed by atoms with Crippen LogP contribution in [0.25, 0.3) is 10.8 Å². The van der Waals surface area contributed by atoms with Gasteiger partial charge in [-0.2, -0.15) is 0 Å². The number of rotatable bonds is 0. The summed E-state index contributed by atoms with van der Waals surface area (Å²) in [6.45, 7) is 36.6. The Kier molecular flexibility index (Phi) is 21.9. The Labute approximate surface area is 330 Å². The van der Waals surface area contributed by atoms with Crippen molar-refractivity contribution in [3.05, 3.63) is 84.9 Å². The molecule has 0 spiro atoms. The Hall–Kier alpha value is -4.06. The Morgan fingerprint density at radius 3 is 1.09 bits per heavy atom. The fraction of sp³-hybridized carbons (Fsp3) is 0.542. The van der Waals surface area contributed by atoms with E-state index in [-0.39, 0.29) is 42.2 Å². The highest BCUT2D eigenvalue weighted by Gasteiger charge is 2.35. The fourth-order valence-corrected chi connectivity index (χ4v) is 4.88. The van der Waals surface area contributed by atoms with Crippen molar-refractivity contribution in [3.63, 3.8) is 0 Å². The van der Waals surface area contributed by atoms with Crippen LogP contribution in [-0.2, 0) is 0 Å². The second-order valence-electron chi connectivity index (χ2n) is 15.0. The van der Waals surface area contributed by atoms with Crippen LogP contribution in [0.3, 0.4) is 0 Å². The van der Waals surface area contributed by atoms with Crippen LogP contribution in [0.15, 0.2) is 84.9 Å². The highest BCUT2D eigenvalue weighted by molar-refractivity contribution is 5.86. The summed E-state index contributed by atoms with van der Waals surface area (Å²) in [5.74, 6) is 5.13. The van der Waals surface area contributed by atoms with Gasteiger partial charge in [-0.3, -0.25) is 0 Å². The van der Waals surface area contributed by atoms with Crippen LogP contribution in [0.5, 0.6) is 34.5 Å². The summed E-state index contributed by atoms with van der Waals surface area (Å²) < 4.78 is 34.7. The monoisotopic (exact) mass is 749 g/mol. The van der Waals surface area contributed by atoms with Crippen molar-refractivity contribution in [3.8, 4) is 34.5 Å². The molecule has 0 fully saturated rings. The molecule has 304 valence electrons. The molecule has 54 heavy (non-hydrogen) atoms. The van der Waals surface area contributed by atoms with Crippen LogP contribution in [-0.4, -0.2) is 31.7 Å². The normalized spacial score (nSPS) is 16.0. The van der Waals surface area contributed by atoms with Gasteiger partial charge >= 0.3 is 0 Å². The van der Waals surface area contributed by atoms with E-state index < -0.39 is 0 Å². The van der Waals surface area contributed by atoms with E-state index in [1.807, 2.05) is 116 Å². The summed E-state index contributed by atoms with van der Waals surface area (Å²) in [4.78, 5) is 0. The molecule has 6 nitrogen and oxygen atoms in total. The molecule has 0 N–H and O–H groups in total. The smallest absolute Gasteiger partial charge is 0.246 e. The zero-order valence-electron chi connectivity index (χ0n) is 36.2. The Bertz CT molecular complexity index is 1570. The van der Waals surface area contributed by atoms with Gasteiger partial charge in [0, 0.05) is 16.2 Å². The number of fused-ring (bicyclic) bond motifs is 4. The summed E-state index contributed by atoms with van der Waals surface area (Å²) >= 11 is 0. The van der Waals surface area contributed by atoms with Crippen LogP contribution < -0.4 is 28.4 Å². The van der Waals surface area contributed by atoms with Crippen molar-refractivity contribution < 1.29 is 28.4 Å². The molecule has 7 rings (SSSR count). The minimum Gasteiger partial charge on any atom is -0.486 e. The predicted octanol–water partition coefficient (Wildman–Crippen LogP) is 14.5. The van der Waals surface area contributed by atoms with Crippen LogP contribution in [0.1, 0.15) is 125 Å². The third-order valence-corrected chi connectivity index (χ3v) is 7.94. The molecule has 3 heterocycles. The van der Waals surface area contributed by atoms with Crippen LogP contribution in [0.4, 0.5) is 0 Å². The summed E-state index contributed by atoms with van der Waals surface area (Å²) in [6.07, 6.45) is 0.0773. The van der Waals surface area contributed by atoms with Crippen LogP contribution >= 0.6 is 0 Å². The van der Waals surface area contributed by atoms with E-state index in [0.29, 0.717) is 13.2 Å². The van der Waals surface area contributed by atoms with Crippen molar-refractivity contribution in [1.29, 1.82) is 0 Å². The first kappa shape index (κ1) is 49.9. The van der Waals surface area contributed by atoms with E-state index in [9.17, 15) is 0 Å². The highest BCUT2D eigenvalue weighted by atomic mass is 16.7. The van der Waals surface area contributed by atoms with E-state index in [0.717, 1.165) is 34.5 Å². The van der Waals surface area contributed by atoms with E-state index in [2.05, 4.69) is 86.6 Å². The molecule has 3 aliphatic rings. The van der Waals surface area contributed by atoms with Crippen molar-refractivity contribution in [2.45, 2.75) is 144 Å². The molecule has 2 atom stereocenters. The van der Waals surface area contributed by atoms with Crippen molar-refractivity contribution in [1.82, 2.24) is 0 Å². The molecule has 4 aromatic carbocycles. The summed E-state index contributed by atoms with van der Waals surface area (Å²) in [5, 5.41) is 2.38. The molecule has 0 aromatic heterocycles. The Morgan fingerprint density at radius 2 is 0.704 bits per heavy atom. The highest BCUT2D eigenvalue weighted by Crippen LogP contribution is 2.40. The van der Waals surface area contributed by atoms with Gasteiger partial charge in [0.1, 0.15) is 25.4 Å². The van der Waals surface area contributed by atoms with Gasteiger partial charge < -0.3 is 28.4 Å². The minimum absolute atomic E-state index is 0. The first-order chi connectivity index (χ1) is 25.2. The van der Waals surface area contributed by atoms with Crippen LogP contribution in [0.2, 0.25) is 0 Å². The van der Waals surface area contributed by atoms with Gasteiger partial charge in [-0.1, -0.05) is 174 Å². The molecular weight excluding hydrogens is 673 g/mol. The number of hydrogen-bond donors (Lipinski definition) is 0.